The second kappa shape index (κ2) is 80.3. The van der Waals surface area contributed by atoms with Crippen molar-refractivity contribution in [1.82, 2.24) is 0 Å². The minimum Gasteiger partial charge on any atom is -0.462 e. The summed E-state index contributed by atoms with van der Waals surface area (Å²) in [4.78, 5) is 73.3. The number of hydrogen-bond acceptors (Lipinski definition) is 15. The largest absolute Gasteiger partial charge is 0.472 e. The summed E-state index contributed by atoms with van der Waals surface area (Å²) in [5, 5.41) is 10.7. The molecule has 0 aliphatic heterocycles. The number of rotatable bonds is 88. The molecule has 0 aromatic heterocycles. The van der Waals surface area contributed by atoms with Gasteiger partial charge < -0.3 is 33.8 Å². The predicted molar refractivity (Wildman–Crippen MR) is 446 cm³/mol. The molecule has 0 aromatic rings. The lowest BCUT2D eigenvalue weighted by atomic mass is 9.99. The van der Waals surface area contributed by atoms with Crippen molar-refractivity contribution in [2.75, 3.05) is 39.6 Å². The number of carbonyl (C=O) groups is 4. The van der Waals surface area contributed by atoms with E-state index in [0.717, 1.165) is 102 Å². The average molecular weight is 1580 g/mol. The molecule has 0 aliphatic carbocycles. The van der Waals surface area contributed by atoms with Gasteiger partial charge in [0.2, 0.25) is 0 Å². The third kappa shape index (κ3) is 80.7. The number of unbranched alkanes of at least 4 members (excludes halogenated alkanes) is 57. The van der Waals surface area contributed by atoms with Gasteiger partial charge in [0.05, 0.1) is 26.4 Å². The number of aliphatic hydroxyl groups excluding tert-OH is 1. The highest BCUT2D eigenvalue weighted by Crippen LogP contribution is 2.45. The number of aliphatic hydroxyl groups is 1. The van der Waals surface area contributed by atoms with Crippen molar-refractivity contribution < 1.29 is 80.2 Å². The Morgan fingerprint density at radius 2 is 0.472 bits per heavy atom. The zero-order valence-corrected chi connectivity index (χ0v) is 73.0. The van der Waals surface area contributed by atoms with E-state index in [0.29, 0.717) is 25.7 Å². The van der Waals surface area contributed by atoms with Crippen LogP contribution in [0.1, 0.15) is 478 Å². The predicted octanol–water partition coefficient (Wildman–Crippen LogP) is 27.4. The summed E-state index contributed by atoms with van der Waals surface area (Å²) < 4.78 is 69.0. The van der Waals surface area contributed by atoms with Gasteiger partial charge in [-0.15, -0.1) is 0 Å². The molecule has 3 unspecified atom stereocenters. The van der Waals surface area contributed by atoms with E-state index in [2.05, 4.69) is 41.5 Å². The van der Waals surface area contributed by atoms with Crippen LogP contribution in [0.2, 0.25) is 0 Å². The van der Waals surface area contributed by atoms with Gasteiger partial charge in [-0.2, -0.15) is 0 Å². The Morgan fingerprint density at radius 3 is 0.704 bits per heavy atom. The minimum atomic E-state index is -4.97. The lowest BCUT2D eigenvalue weighted by molar-refractivity contribution is -0.161. The van der Waals surface area contributed by atoms with E-state index in [1.807, 2.05) is 0 Å². The Labute approximate surface area is 664 Å². The lowest BCUT2D eigenvalue weighted by Crippen LogP contribution is -2.30. The Bertz CT molecular complexity index is 2070. The standard InChI is InChI=1S/C89H174O17P2/c1-7-10-12-14-16-18-20-22-24-26-28-30-31-33-35-37-39-43-47-55-61-67-73-88(93)105-84(77-99-86(91)71-65-59-53-46-42-38-36-34-32-29-27-25-23-21-19-17-15-13-11-8-2)79-103-107(95,96)101-75-83(90)76-102-108(97,98)104-80-85(78-100-87(92)72-66-60-54-50-49-52-58-64-70-82(6)9-3)106-89(94)74-68-62-56-48-44-40-41-45-51-57-63-69-81(4)5/h81-85,90H,7-80H2,1-6H3,(H,95,96)(H,97,98)/t82?,83-,84-,85-/m1/s1. The number of esters is 4. The van der Waals surface area contributed by atoms with E-state index >= 15 is 0 Å². The van der Waals surface area contributed by atoms with Gasteiger partial charge in [-0.1, -0.05) is 427 Å². The molecule has 0 spiro atoms. The van der Waals surface area contributed by atoms with Crippen LogP contribution in [0.3, 0.4) is 0 Å². The fourth-order valence-electron chi connectivity index (χ4n) is 13.9. The maximum atomic E-state index is 13.2. The van der Waals surface area contributed by atoms with Crippen LogP contribution in [-0.4, -0.2) is 96.7 Å². The van der Waals surface area contributed by atoms with Crippen LogP contribution in [0.25, 0.3) is 0 Å². The third-order valence-electron chi connectivity index (χ3n) is 21.3. The zero-order chi connectivity index (χ0) is 79.2. The topological polar surface area (TPSA) is 237 Å². The van der Waals surface area contributed by atoms with E-state index in [1.54, 1.807) is 0 Å². The van der Waals surface area contributed by atoms with Crippen LogP contribution >= 0.6 is 15.6 Å². The molecule has 0 fully saturated rings. The Hall–Kier alpha value is -1.94. The van der Waals surface area contributed by atoms with Gasteiger partial charge in [0.1, 0.15) is 19.3 Å². The second-order valence-corrected chi connectivity index (χ2v) is 35.6. The summed E-state index contributed by atoms with van der Waals surface area (Å²) in [6, 6.07) is 0. The molecule has 0 aliphatic rings. The first-order chi connectivity index (χ1) is 52.4. The number of carbonyl (C=O) groups excluding carboxylic acids is 4. The monoisotopic (exact) mass is 1580 g/mol. The first kappa shape index (κ1) is 106. The quantitative estimate of drug-likeness (QED) is 0.0222. The van der Waals surface area contributed by atoms with E-state index < -0.39 is 97.5 Å². The first-order valence-electron chi connectivity index (χ1n) is 46.0. The normalized spacial score (nSPS) is 14.0. The molecule has 0 bridgehead atoms. The van der Waals surface area contributed by atoms with Crippen molar-refractivity contribution >= 4 is 39.5 Å². The van der Waals surface area contributed by atoms with E-state index in [9.17, 15) is 43.2 Å². The van der Waals surface area contributed by atoms with Crippen LogP contribution < -0.4 is 0 Å². The highest BCUT2D eigenvalue weighted by atomic mass is 31.2. The number of phosphoric acid groups is 2. The average Bonchev–Trinajstić information content (AvgIpc) is 0.906. The van der Waals surface area contributed by atoms with Crippen molar-refractivity contribution in [2.24, 2.45) is 11.8 Å². The molecule has 0 amide bonds. The zero-order valence-electron chi connectivity index (χ0n) is 71.2. The van der Waals surface area contributed by atoms with Gasteiger partial charge in [-0.05, 0) is 37.5 Å². The summed E-state index contributed by atoms with van der Waals surface area (Å²) in [5.74, 6) is -0.558. The van der Waals surface area contributed by atoms with Gasteiger partial charge in [-0.25, -0.2) is 9.13 Å². The maximum absolute atomic E-state index is 13.2. The molecule has 19 heteroatoms. The molecule has 3 N–H and O–H groups in total. The molecule has 0 saturated carbocycles. The van der Waals surface area contributed by atoms with Gasteiger partial charge in [0.25, 0.3) is 0 Å². The summed E-state index contributed by atoms with van der Waals surface area (Å²) >= 11 is 0. The van der Waals surface area contributed by atoms with Crippen molar-refractivity contribution in [3.8, 4) is 0 Å². The maximum Gasteiger partial charge on any atom is 0.472 e. The number of ether oxygens (including phenoxy) is 4. The molecule has 0 rings (SSSR count). The van der Waals surface area contributed by atoms with Gasteiger partial charge in [0.15, 0.2) is 12.2 Å². The van der Waals surface area contributed by atoms with Gasteiger partial charge >= 0.3 is 39.5 Å². The van der Waals surface area contributed by atoms with Crippen LogP contribution in [-0.2, 0) is 65.4 Å². The Balaban J connectivity index is 5.23. The number of hydrogen-bond donors (Lipinski definition) is 3. The highest BCUT2D eigenvalue weighted by Gasteiger charge is 2.31. The first-order valence-corrected chi connectivity index (χ1v) is 49.0. The van der Waals surface area contributed by atoms with Crippen molar-refractivity contribution in [1.29, 1.82) is 0 Å². The highest BCUT2D eigenvalue weighted by molar-refractivity contribution is 7.47. The minimum absolute atomic E-state index is 0.106. The summed E-state index contributed by atoms with van der Waals surface area (Å²) in [7, 11) is -9.93. The Morgan fingerprint density at radius 1 is 0.269 bits per heavy atom. The van der Waals surface area contributed by atoms with Gasteiger partial charge in [0, 0.05) is 25.7 Å². The molecule has 6 atom stereocenters. The molecule has 17 nitrogen and oxygen atoms in total. The van der Waals surface area contributed by atoms with Crippen molar-refractivity contribution in [3.05, 3.63) is 0 Å². The molecule has 642 valence electrons. The lowest BCUT2D eigenvalue weighted by Gasteiger charge is -2.21. The van der Waals surface area contributed by atoms with Crippen LogP contribution in [0, 0.1) is 11.8 Å². The fourth-order valence-corrected chi connectivity index (χ4v) is 15.5. The molecular weight excluding hydrogens is 1400 g/mol. The van der Waals surface area contributed by atoms with Crippen LogP contribution in [0.15, 0.2) is 0 Å². The molecule has 0 saturated heterocycles. The van der Waals surface area contributed by atoms with Crippen LogP contribution in [0.5, 0.6) is 0 Å². The summed E-state index contributed by atoms with van der Waals surface area (Å²) in [5.41, 5.74) is 0. The van der Waals surface area contributed by atoms with E-state index in [-0.39, 0.29) is 25.7 Å². The SMILES string of the molecule is CCCCCCCCCCCCCCCCCCCCCCCCC(=O)O[C@H](COC(=O)CCCCCCCCCCCCCCCCCCCCCC)COP(=O)(O)OC[C@@H](O)COP(=O)(O)OC[C@@H](COC(=O)CCCCCCCCCCC(C)CC)OC(=O)CCCCCCCCCCCCCC(C)C. The summed E-state index contributed by atoms with van der Waals surface area (Å²) in [6.07, 6.45) is 73.7. The molecular formula is C89H174O17P2. The summed E-state index contributed by atoms with van der Waals surface area (Å²) in [6.45, 7) is 9.68. The number of phosphoric ester groups is 2. The van der Waals surface area contributed by atoms with Crippen LogP contribution in [0.4, 0.5) is 0 Å². The molecule has 0 aromatic carbocycles. The molecule has 0 radical (unpaired) electrons. The molecule has 0 heterocycles. The fraction of sp³-hybridized carbons (Fsp3) is 0.955. The van der Waals surface area contributed by atoms with E-state index in [4.69, 9.17) is 37.0 Å². The van der Waals surface area contributed by atoms with Crippen molar-refractivity contribution in [3.63, 3.8) is 0 Å². The smallest absolute Gasteiger partial charge is 0.462 e. The van der Waals surface area contributed by atoms with Crippen molar-refractivity contribution in [2.45, 2.75) is 496 Å². The third-order valence-corrected chi connectivity index (χ3v) is 23.2. The van der Waals surface area contributed by atoms with E-state index in [1.165, 1.54) is 295 Å². The van der Waals surface area contributed by atoms with Gasteiger partial charge in [-0.3, -0.25) is 37.3 Å². The molecule has 108 heavy (non-hydrogen) atoms. The second-order valence-electron chi connectivity index (χ2n) is 32.7. The Kier molecular flexibility index (Phi) is 78.8.